The number of nitro groups is 1. The summed E-state index contributed by atoms with van der Waals surface area (Å²) in [7, 11) is 3.43. The average Bonchev–Trinajstić information content (AvgIpc) is 3.26. The maximum Gasteiger partial charge on any atom is 0.320 e. The number of carbonyl (C=O) groups is 1. The van der Waals surface area contributed by atoms with Gasteiger partial charge >= 0.3 is 5.69 Å². The van der Waals surface area contributed by atoms with Crippen LogP contribution >= 0.6 is 15.9 Å². The Bertz CT molecular complexity index is 973. The van der Waals surface area contributed by atoms with E-state index in [-0.39, 0.29) is 23.5 Å². The minimum atomic E-state index is -0.481. The number of amides is 1. The van der Waals surface area contributed by atoms with Gasteiger partial charge in [0.05, 0.1) is 33.4 Å². The molecule has 0 aliphatic heterocycles. The van der Waals surface area contributed by atoms with Gasteiger partial charge in [-0.2, -0.15) is 10.2 Å². The largest absolute Gasteiger partial charge is 0.334 e. The summed E-state index contributed by atoms with van der Waals surface area (Å²) in [6.45, 7) is 0.275. The summed E-state index contributed by atoms with van der Waals surface area (Å²) >= 11 is 3.43. The molecule has 6 rings (SSSR count). The highest BCUT2D eigenvalue weighted by Crippen LogP contribution is 2.58. The zero-order chi connectivity index (χ0) is 21.2. The lowest BCUT2D eigenvalue weighted by molar-refractivity contribution is -0.385. The molecule has 4 fully saturated rings. The van der Waals surface area contributed by atoms with Crippen molar-refractivity contribution in [3.63, 3.8) is 0 Å². The standard InChI is InChI=1S/C20H25BrN6O3/c1-24(10-16-15(21)9-22-25(16)2)19(28)18-17(27(29)30)11-26(23-18)20-6-12-3-13(7-20)5-14(4-12)8-20/h9,11-14H,3-8,10H2,1-2H3. The van der Waals surface area contributed by atoms with Crippen molar-refractivity contribution >= 4 is 27.5 Å². The van der Waals surface area contributed by atoms with Crippen LogP contribution in [0, 0.1) is 27.9 Å². The Morgan fingerprint density at radius 1 is 1.30 bits per heavy atom. The second kappa shape index (κ2) is 6.90. The molecule has 2 aromatic heterocycles. The number of carbonyl (C=O) groups excluding carboxylic acids is 1. The molecule has 1 amide bonds. The molecule has 160 valence electrons. The lowest BCUT2D eigenvalue weighted by Crippen LogP contribution is -2.52. The molecule has 0 unspecified atom stereocenters. The number of rotatable bonds is 5. The van der Waals surface area contributed by atoms with Gasteiger partial charge in [0.15, 0.2) is 0 Å². The van der Waals surface area contributed by atoms with E-state index in [4.69, 9.17) is 0 Å². The van der Waals surface area contributed by atoms with Gasteiger partial charge in [-0.15, -0.1) is 0 Å². The molecule has 0 atom stereocenters. The Hall–Kier alpha value is -2.23. The Morgan fingerprint density at radius 2 is 1.90 bits per heavy atom. The van der Waals surface area contributed by atoms with Gasteiger partial charge in [-0.25, -0.2) is 0 Å². The SMILES string of the molecule is CN(Cc1c(Br)cnn1C)C(=O)c1nn(C23CC4CC(CC(C4)C2)C3)cc1[N+](=O)[O-]. The lowest BCUT2D eigenvalue weighted by Gasteiger charge is -2.56. The van der Waals surface area contributed by atoms with E-state index in [1.165, 1.54) is 30.4 Å². The van der Waals surface area contributed by atoms with Gasteiger partial charge in [0.2, 0.25) is 5.69 Å². The van der Waals surface area contributed by atoms with Crippen LogP contribution in [0.2, 0.25) is 0 Å². The Kier molecular flexibility index (Phi) is 4.53. The quantitative estimate of drug-likeness (QED) is 0.485. The normalized spacial score (nSPS) is 29.4. The molecule has 4 bridgehead atoms. The minimum absolute atomic E-state index is 0.0727. The number of aromatic nitrogens is 4. The van der Waals surface area contributed by atoms with Crippen molar-refractivity contribution in [3.05, 3.63) is 38.4 Å². The van der Waals surface area contributed by atoms with Gasteiger partial charge in [-0.3, -0.25) is 24.3 Å². The van der Waals surface area contributed by atoms with Crippen molar-refractivity contribution in [2.24, 2.45) is 24.8 Å². The van der Waals surface area contributed by atoms with E-state index in [0.29, 0.717) is 17.8 Å². The minimum Gasteiger partial charge on any atom is -0.334 e. The van der Waals surface area contributed by atoms with Crippen LogP contribution in [-0.4, -0.2) is 42.3 Å². The molecule has 0 saturated heterocycles. The lowest BCUT2D eigenvalue weighted by atomic mass is 9.53. The van der Waals surface area contributed by atoms with Crippen molar-refractivity contribution in [2.45, 2.75) is 50.6 Å². The fraction of sp³-hybridized carbons (Fsp3) is 0.650. The van der Waals surface area contributed by atoms with Crippen LogP contribution in [0.3, 0.4) is 0 Å². The first kappa shape index (κ1) is 19.7. The van der Waals surface area contributed by atoms with E-state index in [2.05, 4.69) is 26.1 Å². The molecule has 4 aliphatic carbocycles. The zero-order valence-corrected chi connectivity index (χ0v) is 18.7. The van der Waals surface area contributed by atoms with Gasteiger partial charge < -0.3 is 4.90 Å². The summed E-state index contributed by atoms with van der Waals surface area (Å²) < 4.78 is 4.26. The van der Waals surface area contributed by atoms with Crippen molar-refractivity contribution in [1.29, 1.82) is 0 Å². The molecule has 2 heterocycles. The monoisotopic (exact) mass is 476 g/mol. The summed E-state index contributed by atoms with van der Waals surface area (Å²) in [5, 5.41) is 20.5. The maximum atomic E-state index is 13.2. The van der Waals surface area contributed by atoms with E-state index in [0.717, 1.165) is 29.4 Å². The molecule has 10 heteroatoms. The van der Waals surface area contributed by atoms with Crippen LogP contribution in [0.1, 0.15) is 54.7 Å². The van der Waals surface area contributed by atoms with Gasteiger partial charge in [-0.1, -0.05) is 0 Å². The van der Waals surface area contributed by atoms with Crippen molar-refractivity contribution < 1.29 is 9.72 Å². The van der Waals surface area contributed by atoms with Gasteiger partial charge in [0, 0.05) is 14.1 Å². The van der Waals surface area contributed by atoms with Crippen LogP contribution in [0.25, 0.3) is 0 Å². The van der Waals surface area contributed by atoms with Crippen molar-refractivity contribution in [3.8, 4) is 0 Å². The maximum absolute atomic E-state index is 13.2. The molecule has 0 N–H and O–H groups in total. The molecular formula is C20H25BrN6O3. The van der Waals surface area contributed by atoms with E-state index < -0.39 is 10.8 Å². The smallest absolute Gasteiger partial charge is 0.320 e. The topological polar surface area (TPSA) is 99.1 Å². The Balaban J connectivity index is 1.46. The second-order valence-electron chi connectivity index (χ2n) is 9.43. The van der Waals surface area contributed by atoms with E-state index in [1.807, 2.05) is 0 Å². The number of hydrogen-bond donors (Lipinski definition) is 0. The predicted octanol–water partition coefficient (Wildman–Crippen LogP) is 3.48. The van der Waals surface area contributed by atoms with Crippen LogP contribution in [0.15, 0.2) is 16.9 Å². The van der Waals surface area contributed by atoms with Gasteiger partial charge in [0.1, 0.15) is 6.20 Å². The third-order valence-electron chi connectivity index (χ3n) is 7.33. The van der Waals surface area contributed by atoms with E-state index >= 15 is 0 Å². The molecule has 9 nitrogen and oxygen atoms in total. The molecule has 4 saturated carbocycles. The molecule has 0 radical (unpaired) electrons. The fourth-order valence-electron chi connectivity index (χ4n) is 6.33. The summed E-state index contributed by atoms with van der Waals surface area (Å²) in [5.74, 6) is 1.61. The first-order valence-electron chi connectivity index (χ1n) is 10.4. The van der Waals surface area contributed by atoms with Crippen LogP contribution in [0.4, 0.5) is 5.69 Å². The third-order valence-corrected chi connectivity index (χ3v) is 7.99. The van der Waals surface area contributed by atoms with Crippen molar-refractivity contribution in [1.82, 2.24) is 24.5 Å². The third kappa shape index (κ3) is 3.07. The Morgan fingerprint density at radius 3 is 2.40 bits per heavy atom. The average molecular weight is 477 g/mol. The fourth-order valence-corrected chi connectivity index (χ4v) is 6.80. The zero-order valence-electron chi connectivity index (χ0n) is 17.1. The molecule has 30 heavy (non-hydrogen) atoms. The highest BCUT2D eigenvalue weighted by Gasteiger charge is 2.53. The summed E-state index contributed by atoms with van der Waals surface area (Å²) in [6.07, 6.45) is 10.0. The molecule has 2 aromatic rings. The van der Waals surface area contributed by atoms with E-state index in [9.17, 15) is 14.9 Å². The van der Waals surface area contributed by atoms with Crippen LogP contribution in [-0.2, 0) is 19.1 Å². The summed E-state index contributed by atoms with van der Waals surface area (Å²) in [5.41, 5.74) is 0.374. The van der Waals surface area contributed by atoms with Gasteiger partial charge in [0.25, 0.3) is 5.91 Å². The highest BCUT2D eigenvalue weighted by molar-refractivity contribution is 9.10. The summed E-state index contributed by atoms with van der Waals surface area (Å²) in [4.78, 5) is 25.9. The molecule has 0 aromatic carbocycles. The first-order valence-corrected chi connectivity index (χ1v) is 11.2. The number of aryl methyl sites for hydroxylation is 1. The summed E-state index contributed by atoms with van der Waals surface area (Å²) in [6, 6.07) is 0. The van der Waals surface area contributed by atoms with Crippen LogP contribution in [0.5, 0.6) is 0 Å². The molecule has 4 aliphatic rings. The molecule has 0 spiro atoms. The number of nitrogens with zero attached hydrogens (tertiary/aromatic N) is 6. The highest BCUT2D eigenvalue weighted by atomic mass is 79.9. The van der Waals surface area contributed by atoms with E-state index in [1.54, 1.807) is 29.7 Å². The Labute approximate surface area is 182 Å². The second-order valence-corrected chi connectivity index (χ2v) is 10.3. The van der Waals surface area contributed by atoms with Crippen LogP contribution < -0.4 is 0 Å². The first-order chi connectivity index (χ1) is 14.3. The predicted molar refractivity (Wildman–Crippen MR) is 112 cm³/mol. The van der Waals surface area contributed by atoms with Crippen molar-refractivity contribution in [2.75, 3.05) is 7.05 Å². The number of halogens is 1. The number of hydrogen-bond acceptors (Lipinski definition) is 5. The molecular weight excluding hydrogens is 452 g/mol. The van der Waals surface area contributed by atoms with Gasteiger partial charge in [-0.05, 0) is 72.2 Å².